The number of β-amino-alcohol motifs (C(OH)–C–C–N with tert-alkyl or cyclic N) is 1. The average molecular weight is 1100 g/mol. The van der Waals surface area contributed by atoms with E-state index in [4.69, 9.17) is 9.47 Å². The van der Waals surface area contributed by atoms with Gasteiger partial charge in [0.1, 0.15) is 23.7 Å². The summed E-state index contributed by atoms with van der Waals surface area (Å²) in [6.45, 7) is 11.0. The Bertz CT molecular complexity index is 3130. The van der Waals surface area contributed by atoms with Crippen LogP contribution in [0, 0.1) is 24.0 Å². The van der Waals surface area contributed by atoms with Crippen molar-refractivity contribution in [3.63, 3.8) is 0 Å². The van der Waals surface area contributed by atoms with Crippen LogP contribution < -0.4 is 26.2 Å². The van der Waals surface area contributed by atoms with Crippen LogP contribution in [-0.4, -0.2) is 143 Å². The molecule has 0 aliphatic carbocycles. The Hall–Kier alpha value is -7.33. The van der Waals surface area contributed by atoms with Crippen LogP contribution in [0.4, 0.5) is 26.0 Å². The second kappa shape index (κ2) is 25.2. The van der Waals surface area contributed by atoms with Gasteiger partial charge in [-0.25, -0.2) is 13.8 Å². The predicted molar refractivity (Wildman–Crippen MR) is 298 cm³/mol. The highest BCUT2D eigenvalue weighted by Crippen LogP contribution is 2.32. The van der Waals surface area contributed by atoms with Gasteiger partial charge in [-0.3, -0.25) is 29.1 Å². The van der Waals surface area contributed by atoms with E-state index in [0.717, 1.165) is 51.9 Å². The summed E-state index contributed by atoms with van der Waals surface area (Å²) in [5.74, 6) is -2.71. The van der Waals surface area contributed by atoms with E-state index >= 15 is 0 Å². The van der Waals surface area contributed by atoms with E-state index in [9.17, 15) is 37.9 Å². The zero-order chi connectivity index (χ0) is 55.8. The summed E-state index contributed by atoms with van der Waals surface area (Å²) < 4.78 is 39.2. The molecule has 2 aromatic heterocycles. The van der Waals surface area contributed by atoms with Crippen molar-refractivity contribution in [3.05, 3.63) is 124 Å². The van der Waals surface area contributed by atoms with Crippen LogP contribution in [0.15, 0.2) is 84.4 Å². The topological polar surface area (TPSA) is 223 Å². The highest BCUT2D eigenvalue weighted by molar-refractivity contribution is 7.13. The van der Waals surface area contributed by atoms with Crippen LogP contribution in [0.3, 0.4) is 0 Å². The number of fused-ring (bicyclic) bond motifs is 1. The molecule has 0 spiro atoms. The molecule has 3 aliphatic heterocycles. The number of ether oxygens (including phenoxy) is 2. The molecule has 21 heteroatoms. The number of aromatic amines is 1. The van der Waals surface area contributed by atoms with Gasteiger partial charge in [-0.05, 0) is 96.3 Å². The Kier molecular flexibility index (Phi) is 18.0. The molecule has 79 heavy (non-hydrogen) atoms. The molecule has 0 bridgehead atoms. The van der Waals surface area contributed by atoms with Gasteiger partial charge in [0.2, 0.25) is 23.6 Å². The monoisotopic (exact) mass is 1100 g/mol. The van der Waals surface area contributed by atoms with E-state index in [-0.39, 0.29) is 75.7 Å². The fourth-order valence-corrected chi connectivity index (χ4v) is 11.1. The summed E-state index contributed by atoms with van der Waals surface area (Å²) >= 11 is 1.56. The van der Waals surface area contributed by atoms with Crippen LogP contribution in [0.1, 0.15) is 85.6 Å². The second-order valence-corrected chi connectivity index (χ2v) is 22.4. The summed E-state index contributed by atoms with van der Waals surface area (Å²) in [4.78, 5) is 79.1. The van der Waals surface area contributed by atoms with E-state index in [1.807, 2.05) is 82.3 Å². The standard InChI is InChI=1S/C58H68F2N10O8S/c1-35-52(79-34-62-35)39-8-5-36(6-9-39)32-61-56(75)49-31-44(71)33-70(49)57(76)53(58(2,3)4)64-50(72)15-23-78-24-16-51(73)69-19-17-68(18-20-69)43-10-11-45(48(30-43)63-42-13-21-77-22-14-42)55(74)65-54-46-28-37(7-12-47(46)66-67-54)25-38-26-40(59)29-41(60)27-38/h5-12,26-30,34,42,44,49,53,63,71H,13-25,31-33H2,1-4H3,(H,61,75)(H,64,72)(H2,65,66,67,74)/t44-,49+,53-/m1/s1. The third-order valence-corrected chi connectivity index (χ3v) is 15.6. The fourth-order valence-electron chi connectivity index (χ4n) is 10.3. The Morgan fingerprint density at radius 1 is 0.886 bits per heavy atom. The molecule has 5 heterocycles. The smallest absolute Gasteiger partial charge is 0.258 e. The minimum absolute atomic E-state index is 0.0228. The van der Waals surface area contributed by atoms with Gasteiger partial charge in [0.25, 0.3) is 5.91 Å². The maximum absolute atomic E-state index is 14.1. The van der Waals surface area contributed by atoms with E-state index in [1.54, 1.807) is 27.8 Å². The Morgan fingerprint density at radius 2 is 1.61 bits per heavy atom. The summed E-state index contributed by atoms with van der Waals surface area (Å²) in [5.41, 5.74) is 7.84. The van der Waals surface area contributed by atoms with E-state index < -0.39 is 47.1 Å². The molecule has 418 valence electrons. The first-order valence-electron chi connectivity index (χ1n) is 26.8. The molecule has 4 aromatic carbocycles. The van der Waals surface area contributed by atoms with Gasteiger partial charge >= 0.3 is 0 Å². The average Bonchev–Trinajstić information content (AvgIpc) is 4.19. The van der Waals surface area contributed by atoms with Crippen molar-refractivity contribution in [1.82, 2.24) is 35.6 Å². The number of benzene rings is 4. The molecule has 5 amide bonds. The van der Waals surface area contributed by atoms with E-state index in [1.165, 1.54) is 17.0 Å². The van der Waals surface area contributed by atoms with Crippen LogP contribution >= 0.6 is 11.3 Å². The lowest BCUT2D eigenvalue weighted by Crippen LogP contribution is -2.57. The molecular weight excluding hydrogens is 1030 g/mol. The SMILES string of the molecule is Cc1ncsc1-c1ccc(CNC(=O)[C@@H]2C[C@@H](O)CN2C(=O)[C@@H](NC(=O)CCOCCC(=O)N2CCN(c3ccc(C(=O)Nc4n[nH]c5ccc(Cc6cc(F)cc(F)c6)cc45)c(NC4CCOCC4)c3)CC2)C(C)(C)C)cc1. The number of aromatic nitrogens is 3. The minimum Gasteiger partial charge on any atom is -0.391 e. The number of piperazine rings is 1. The largest absolute Gasteiger partial charge is 0.391 e. The van der Waals surface area contributed by atoms with Crippen molar-refractivity contribution >= 4 is 69.0 Å². The molecule has 18 nitrogen and oxygen atoms in total. The van der Waals surface area contributed by atoms with Gasteiger partial charge in [0.05, 0.1) is 52.9 Å². The molecule has 9 rings (SSSR count). The first-order valence-corrected chi connectivity index (χ1v) is 27.7. The Labute approximate surface area is 461 Å². The van der Waals surface area contributed by atoms with Crippen molar-refractivity contribution < 1.29 is 47.3 Å². The third kappa shape index (κ3) is 14.3. The van der Waals surface area contributed by atoms with Gasteiger partial charge in [-0.1, -0.05) is 51.1 Å². The second-order valence-electron chi connectivity index (χ2n) is 21.5. The number of nitrogens with one attached hydrogen (secondary N) is 5. The first kappa shape index (κ1) is 56.4. The van der Waals surface area contributed by atoms with Crippen molar-refractivity contribution in [2.75, 3.05) is 74.7 Å². The maximum Gasteiger partial charge on any atom is 0.258 e. The molecule has 0 saturated carbocycles. The van der Waals surface area contributed by atoms with Gasteiger partial charge in [-0.15, -0.1) is 11.3 Å². The number of aliphatic hydroxyl groups is 1. The van der Waals surface area contributed by atoms with Gasteiger partial charge in [0.15, 0.2) is 5.82 Å². The molecule has 6 aromatic rings. The summed E-state index contributed by atoms with van der Waals surface area (Å²) in [6, 6.07) is 20.6. The zero-order valence-electron chi connectivity index (χ0n) is 44.9. The maximum atomic E-state index is 14.1. The first-order chi connectivity index (χ1) is 37.9. The van der Waals surface area contributed by atoms with Crippen molar-refractivity contribution in [1.29, 1.82) is 0 Å². The Morgan fingerprint density at radius 3 is 2.32 bits per heavy atom. The highest BCUT2D eigenvalue weighted by atomic mass is 32.1. The van der Waals surface area contributed by atoms with Gasteiger partial charge < -0.3 is 50.5 Å². The molecule has 3 aliphatic rings. The third-order valence-electron chi connectivity index (χ3n) is 14.7. The zero-order valence-corrected chi connectivity index (χ0v) is 45.7. The van der Waals surface area contributed by atoms with Crippen LogP contribution in [0.25, 0.3) is 21.3 Å². The molecule has 3 saturated heterocycles. The van der Waals surface area contributed by atoms with Gasteiger partial charge in [-0.2, -0.15) is 5.10 Å². The van der Waals surface area contributed by atoms with Crippen molar-refractivity contribution in [2.24, 2.45) is 5.41 Å². The van der Waals surface area contributed by atoms with Crippen molar-refractivity contribution in [3.8, 4) is 10.4 Å². The predicted octanol–water partition coefficient (Wildman–Crippen LogP) is 6.96. The summed E-state index contributed by atoms with van der Waals surface area (Å²) in [6.07, 6.45) is 1.05. The molecule has 0 radical (unpaired) electrons. The number of H-pyrrole nitrogens is 1. The number of halogens is 2. The molecule has 0 unspecified atom stereocenters. The number of hydrogen-bond donors (Lipinski definition) is 6. The molecule has 6 N–H and O–H groups in total. The number of amides is 5. The number of thiazole rings is 1. The van der Waals surface area contributed by atoms with Crippen LogP contribution in [0.2, 0.25) is 0 Å². The number of rotatable bonds is 19. The van der Waals surface area contributed by atoms with Crippen LogP contribution in [0.5, 0.6) is 0 Å². The Balaban J connectivity index is 0.734. The highest BCUT2D eigenvalue weighted by Gasteiger charge is 2.44. The van der Waals surface area contributed by atoms with Gasteiger partial charge in [0, 0.05) is 94.2 Å². The fraction of sp³-hybridized carbons (Fsp3) is 0.431. The number of anilines is 3. The molecule has 3 atom stereocenters. The normalized spacial score (nSPS) is 17.4. The number of aliphatic hydroxyl groups excluding tert-OH is 1. The number of aryl methyl sites for hydroxylation is 1. The quantitative estimate of drug-likeness (QED) is 0.0453. The van der Waals surface area contributed by atoms with E-state index in [0.29, 0.717) is 72.9 Å². The van der Waals surface area contributed by atoms with Crippen molar-refractivity contribution in [2.45, 2.75) is 97.0 Å². The number of nitrogens with zero attached hydrogens (tertiary/aromatic N) is 5. The summed E-state index contributed by atoms with van der Waals surface area (Å²) in [5, 5.41) is 31.0. The molecular formula is C58H68F2N10O8S. The lowest BCUT2D eigenvalue weighted by Gasteiger charge is -2.36. The number of carbonyl (C=O) groups excluding carboxylic acids is 5. The van der Waals surface area contributed by atoms with E-state index in [2.05, 4.69) is 41.3 Å². The lowest BCUT2D eigenvalue weighted by molar-refractivity contribution is -0.144. The number of likely N-dealkylation sites (tertiary alicyclic amines) is 1. The lowest BCUT2D eigenvalue weighted by atomic mass is 9.85. The minimum atomic E-state index is -0.989. The summed E-state index contributed by atoms with van der Waals surface area (Å²) in [7, 11) is 0. The van der Waals surface area contributed by atoms with Crippen LogP contribution in [-0.2, 0) is 41.6 Å². The molecule has 3 fully saturated rings. The number of hydrogen-bond acceptors (Lipinski definition) is 13. The number of carbonyl (C=O) groups is 5.